The van der Waals surface area contributed by atoms with Crippen molar-refractivity contribution >= 4 is 42.1 Å². The summed E-state index contributed by atoms with van der Waals surface area (Å²) in [5.41, 5.74) is 6.60. The van der Waals surface area contributed by atoms with E-state index in [9.17, 15) is 4.79 Å². The number of aryl methyl sites for hydroxylation is 1. The number of carbonyl (C=O) groups excluding carboxylic acids is 1. The number of nitrogens with two attached hydrogens (primary N) is 1. The molecule has 1 aliphatic carbocycles. The Bertz CT molecular complexity index is 459. The Kier molecular flexibility index (Phi) is 8.18. The van der Waals surface area contributed by atoms with E-state index in [1.165, 1.54) is 0 Å². The fourth-order valence-electron chi connectivity index (χ4n) is 2.53. The van der Waals surface area contributed by atoms with Crippen LogP contribution in [0.15, 0.2) is 5.38 Å². The van der Waals surface area contributed by atoms with E-state index in [2.05, 4.69) is 15.7 Å². The van der Waals surface area contributed by atoms with E-state index in [1.54, 1.807) is 11.3 Å². The topological polar surface area (TPSA) is 68.0 Å². The molecule has 7 heteroatoms. The lowest BCUT2D eigenvalue weighted by molar-refractivity contribution is -0.127. The quantitative estimate of drug-likeness (QED) is 0.873. The molecular formula is C14H25Cl2N3OS. The summed E-state index contributed by atoms with van der Waals surface area (Å²) in [4.78, 5) is 16.9. The molecule has 1 aromatic rings. The highest BCUT2D eigenvalue weighted by atomic mass is 35.5. The first-order valence-electron chi connectivity index (χ1n) is 6.95. The summed E-state index contributed by atoms with van der Waals surface area (Å²) >= 11 is 1.65. The van der Waals surface area contributed by atoms with Gasteiger partial charge in [0.1, 0.15) is 5.01 Å². The van der Waals surface area contributed by atoms with Crippen LogP contribution in [-0.2, 0) is 10.3 Å². The second-order valence-electron chi connectivity index (χ2n) is 5.72. The highest BCUT2D eigenvalue weighted by Crippen LogP contribution is 2.40. The second-order valence-corrected chi connectivity index (χ2v) is 6.58. The molecule has 0 spiro atoms. The lowest BCUT2D eigenvalue weighted by Crippen LogP contribution is -2.48. The van der Waals surface area contributed by atoms with Gasteiger partial charge < -0.3 is 11.1 Å². The maximum absolute atomic E-state index is 12.3. The van der Waals surface area contributed by atoms with Crippen molar-refractivity contribution in [2.45, 2.75) is 58.0 Å². The van der Waals surface area contributed by atoms with Gasteiger partial charge in [-0.1, -0.05) is 19.8 Å². The molecule has 1 fully saturated rings. The number of hydrogen-bond acceptors (Lipinski definition) is 4. The van der Waals surface area contributed by atoms with Gasteiger partial charge in [0.2, 0.25) is 5.91 Å². The lowest BCUT2D eigenvalue weighted by Gasteiger charge is -2.30. The minimum atomic E-state index is -0.251. The summed E-state index contributed by atoms with van der Waals surface area (Å²) in [6.45, 7) is 5.75. The van der Waals surface area contributed by atoms with Crippen LogP contribution in [0.25, 0.3) is 0 Å². The molecule has 0 aromatic carbocycles. The Balaban J connectivity index is 0.00000200. The fourth-order valence-corrected chi connectivity index (χ4v) is 3.55. The molecule has 3 N–H and O–H groups in total. The van der Waals surface area contributed by atoms with E-state index in [-0.39, 0.29) is 48.2 Å². The summed E-state index contributed by atoms with van der Waals surface area (Å²) < 4.78 is 0. The average molecular weight is 354 g/mol. The molecule has 0 bridgehead atoms. The van der Waals surface area contributed by atoms with Gasteiger partial charge in [-0.25, -0.2) is 4.98 Å². The van der Waals surface area contributed by atoms with Crippen LogP contribution < -0.4 is 11.1 Å². The summed E-state index contributed by atoms with van der Waals surface area (Å²) in [5.74, 6) is -0.122. The van der Waals surface area contributed by atoms with E-state index in [4.69, 9.17) is 5.73 Å². The molecule has 1 heterocycles. The molecule has 1 aromatic heterocycles. The van der Waals surface area contributed by atoms with Crippen molar-refractivity contribution in [3.63, 3.8) is 0 Å². The van der Waals surface area contributed by atoms with E-state index in [1.807, 2.05) is 20.8 Å². The Morgan fingerprint density at radius 3 is 2.38 bits per heavy atom. The average Bonchev–Trinajstić information content (AvgIpc) is 2.97. The molecule has 1 saturated carbocycles. The minimum Gasteiger partial charge on any atom is -0.344 e. The minimum absolute atomic E-state index is 0. The van der Waals surface area contributed by atoms with Gasteiger partial charge in [0, 0.05) is 23.0 Å². The highest BCUT2D eigenvalue weighted by Gasteiger charge is 2.40. The highest BCUT2D eigenvalue weighted by molar-refractivity contribution is 7.09. The van der Waals surface area contributed by atoms with Crippen molar-refractivity contribution in [1.29, 1.82) is 0 Å². The van der Waals surface area contributed by atoms with Crippen LogP contribution in [0, 0.1) is 12.8 Å². The number of nitrogens with zero attached hydrogens (tertiary/aromatic N) is 1. The number of hydrogen-bond donors (Lipinski definition) is 2. The predicted octanol–water partition coefficient (Wildman–Crippen LogP) is 3.16. The molecule has 2 rings (SSSR count). The predicted molar refractivity (Wildman–Crippen MR) is 92.4 cm³/mol. The molecule has 0 saturated heterocycles. The van der Waals surface area contributed by atoms with Gasteiger partial charge in [-0.05, 0) is 26.7 Å². The normalized spacial score (nSPS) is 19.0. The molecular weight excluding hydrogens is 329 g/mol. The Morgan fingerprint density at radius 1 is 1.38 bits per heavy atom. The first-order valence-corrected chi connectivity index (χ1v) is 7.83. The zero-order chi connectivity index (χ0) is 14.0. The van der Waals surface area contributed by atoms with Crippen molar-refractivity contribution in [2.75, 3.05) is 0 Å². The van der Waals surface area contributed by atoms with E-state index in [0.717, 1.165) is 36.4 Å². The van der Waals surface area contributed by atoms with Gasteiger partial charge in [0.05, 0.1) is 5.54 Å². The number of amides is 1. The van der Waals surface area contributed by atoms with Crippen molar-refractivity contribution in [2.24, 2.45) is 11.7 Å². The molecule has 0 aliphatic heterocycles. The first-order chi connectivity index (χ1) is 8.94. The third-order valence-electron chi connectivity index (χ3n) is 4.05. The van der Waals surface area contributed by atoms with Crippen molar-refractivity contribution in [3.8, 4) is 0 Å². The number of halogens is 2. The smallest absolute Gasteiger partial charge is 0.225 e. The monoisotopic (exact) mass is 353 g/mol. The fraction of sp³-hybridized carbons (Fsp3) is 0.714. The molecule has 0 radical (unpaired) electrons. The van der Waals surface area contributed by atoms with Crippen LogP contribution in [0.1, 0.15) is 50.2 Å². The molecule has 2 unspecified atom stereocenters. The molecule has 2 atom stereocenters. The van der Waals surface area contributed by atoms with Gasteiger partial charge >= 0.3 is 0 Å². The van der Waals surface area contributed by atoms with Gasteiger partial charge in [-0.15, -0.1) is 36.2 Å². The second kappa shape index (κ2) is 8.32. The maximum atomic E-state index is 12.3. The first kappa shape index (κ1) is 20.6. The van der Waals surface area contributed by atoms with E-state index >= 15 is 0 Å². The van der Waals surface area contributed by atoms with Crippen LogP contribution in [0.2, 0.25) is 0 Å². The summed E-state index contributed by atoms with van der Waals surface area (Å²) in [6, 6.07) is -0.128. The molecule has 1 aliphatic rings. The van der Waals surface area contributed by atoms with Crippen LogP contribution in [0.4, 0.5) is 0 Å². The van der Waals surface area contributed by atoms with Gasteiger partial charge in [-0.2, -0.15) is 0 Å². The standard InChI is InChI=1S/C14H23N3OS.2ClH/c1-9-8-19-13(16-9)14(6-4-5-7-14)17-12(18)10(2)11(3)15;;/h8,10-11H,4-7,15H2,1-3H3,(H,17,18);2*1H. The van der Waals surface area contributed by atoms with Gasteiger partial charge in [-0.3, -0.25) is 4.79 Å². The summed E-state index contributed by atoms with van der Waals surface area (Å²) in [7, 11) is 0. The maximum Gasteiger partial charge on any atom is 0.225 e. The third-order valence-corrected chi connectivity index (χ3v) is 5.21. The summed E-state index contributed by atoms with van der Waals surface area (Å²) in [5, 5.41) is 6.33. The van der Waals surface area contributed by atoms with Crippen molar-refractivity contribution < 1.29 is 4.79 Å². The third kappa shape index (κ3) is 4.55. The number of thiazole rings is 1. The Hall–Kier alpha value is -0.360. The molecule has 1 amide bonds. The van der Waals surface area contributed by atoms with Crippen LogP contribution in [-0.4, -0.2) is 16.9 Å². The Morgan fingerprint density at radius 2 is 1.95 bits per heavy atom. The van der Waals surface area contributed by atoms with Crippen LogP contribution in [0.3, 0.4) is 0 Å². The van der Waals surface area contributed by atoms with E-state index < -0.39 is 0 Å². The number of nitrogens with one attached hydrogen (secondary N) is 1. The number of rotatable bonds is 4. The zero-order valence-corrected chi connectivity index (χ0v) is 15.2. The molecule has 4 nitrogen and oxygen atoms in total. The van der Waals surface area contributed by atoms with Gasteiger partial charge in [0.25, 0.3) is 0 Å². The zero-order valence-electron chi connectivity index (χ0n) is 12.7. The summed E-state index contributed by atoms with van der Waals surface area (Å²) in [6.07, 6.45) is 4.26. The van der Waals surface area contributed by atoms with Crippen LogP contribution in [0.5, 0.6) is 0 Å². The SMILES string of the molecule is Cc1csc(C2(NC(=O)C(C)C(C)N)CCCC2)n1.Cl.Cl. The van der Waals surface area contributed by atoms with Crippen molar-refractivity contribution in [3.05, 3.63) is 16.1 Å². The molecule has 21 heavy (non-hydrogen) atoms. The largest absolute Gasteiger partial charge is 0.344 e. The lowest BCUT2D eigenvalue weighted by atomic mass is 9.95. The van der Waals surface area contributed by atoms with Crippen molar-refractivity contribution in [1.82, 2.24) is 10.3 Å². The van der Waals surface area contributed by atoms with E-state index in [0.29, 0.717) is 0 Å². The number of aromatic nitrogens is 1. The number of carbonyl (C=O) groups is 1. The van der Waals surface area contributed by atoms with Crippen LogP contribution >= 0.6 is 36.2 Å². The van der Waals surface area contributed by atoms with Gasteiger partial charge in [0.15, 0.2) is 0 Å². The Labute approximate surface area is 143 Å². The molecule has 122 valence electrons.